The molecule has 0 radical (unpaired) electrons. The smallest absolute Gasteiger partial charge is 0.182 e. The Bertz CT molecular complexity index is 402. The van der Waals surface area contributed by atoms with Crippen molar-refractivity contribution in [1.29, 1.82) is 0 Å². The molecule has 0 aliphatic heterocycles. The zero-order chi connectivity index (χ0) is 9.26. The van der Waals surface area contributed by atoms with E-state index in [1.807, 2.05) is 0 Å². The van der Waals surface area contributed by atoms with Crippen molar-refractivity contribution in [1.82, 2.24) is 15.2 Å². The van der Waals surface area contributed by atoms with Gasteiger partial charge in [0.05, 0.1) is 0 Å². The Labute approximate surface area is 80.8 Å². The molecule has 0 aliphatic carbocycles. The molecule has 3 nitrogen and oxygen atoms in total. The predicted molar refractivity (Wildman–Crippen MR) is 53.8 cm³/mol. The van der Waals surface area contributed by atoms with E-state index in [9.17, 15) is 0 Å². The fraction of sp³-hybridized carbons (Fsp3) is 0.333. The summed E-state index contributed by atoms with van der Waals surface area (Å²) in [7, 11) is 0. The first-order valence-electron chi connectivity index (χ1n) is 4.25. The highest BCUT2D eigenvalue weighted by atomic mass is 32.1. The van der Waals surface area contributed by atoms with Crippen LogP contribution in [0.4, 0.5) is 0 Å². The first-order valence-corrected chi connectivity index (χ1v) is 5.20. The van der Waals surface area contributed by atoms with Crippen LogP contribution in [0, 0.1) is 6.92 Å². The van der Waals surface area contributed by atoms with Crippen molar-refractivity contribution >= 4 is 11.3 Å². The summed E-state index contributed by atoms with van der Waals surface area (Å²) in [5, 5.41) is 11.3. The van der Waals surface area contributed by atoms with Crippen LogP contribution < -0.4 is 0 Å². The van der Waals surface area contributed by atoms with Gasteiger partial charge < -0.3 is 0 Å². The summed E-state index contributed by atoms with van der Waals surface area (Å²) in [6.45, 7) is 4.14. The number of hydrogen-bond donors (Lipinski definition) is 1. The minimum atomic E-state index is 0.815. The number of H-pyrrole nitrogens is 1. The van der Waals surface area contributed by atoms with E-state index in [1.54, 1.807) is 11.3 Å². The van der Waals surface area contributed by atoms with Crippen LogP contribution in [0.3, 0.4) is 0 Å². The van der Waals surface area contributed by atoms with E-state index in [0.717, 1.165) is 23.6 Å². The highest BCUT2D eigenvalue weighted by Crippen LogP contribution is 2.23. The van der Waals surface area contributed by atoms with Gasteiger partial charge in [-0.05, 0) is 17.9 Å². The van der Waals surface area contributed by atoms with E-state index in [0.29, 0.717) is 0 Å². The molecule has 0 bridgehead atoms. The van der Waals surface area contributed by atoms with Gasteiger partial charge in [-0.15, -0.1) is 0 Å². The number of nitrogens with one attached hydrogen (secondary N) is 1. The average Bonchev–Trinajstić information content (AvgIpc) is 2.71. The lowest BCUT2D eigenvalue weighted by molar-refractivity contribution is 0.946. The fourth-order valence-electron chi connectivity index (χ4n) is 1.16. The molecule has 4 heteroatoms. The van der Waals surface area contributed by atoms with Gasteiger partial charge in [-0.25, -0.2) is 4.98 Å². The summed E-state index contributed by atoms with van der Waals surface area (Å²) in [5.41, 5.74) is 2.38. The number of rotatable bonds is 2. The van der Waals surface area contributed by atoms with Crippen LogP contribution >= 0.6 is 11.3 Å². The van der Waals surface area contributed by atoms with Gasteiger partial charge in [0.25, 0.3) is 0 Å². The van der Waals surface area contributed by atoms with Crippen molar-refractivity contribution in [2.45, 2.75) is 20.3 Å². The standard InChI is InChI=1S/C9H11N3S/c1-3-8-10-9(12-11-8)7-5-13-4-6(7)2/h4-5H,3H2,1-2H3,(H,10,11,12). The monoisotopic (exact) mass is 193 g/mol. The number of hydrogen-bond acceptors (Lipinski definition) is 3. The van der Waals surface area contributed by atoms with Crippen molar-refractivity contribution in [3.05, 3.63) is 22.1 Å². The second-order valence-electron chi connectivity index (χ2n) is 2.93. The third kappa shape index (κ3) is 1.49. The molecule has 2 rings (SSSR count). The molecule has 0 amide bonds. The summed E-state index contributed by atoms with van der Waals surface area (Å²) < 4.78 is 0. The maximum atomic E-state index is 4.37. The number of nitrogens with zero attached hydrogens (tertiary/aromatic N) is 2. The quantitative estimate of drug-likeness (QED) is 0.795. The minimum Gasteiger partial charge on any atom is -0.263 e. The van der Waals surface area contributed by atoms with Crippen molar-refractivity contribution < 1.29 is 0 Å². The molecule has 0 aromatic carbocycles. The Kier molecular flexibility index (Phi) is 2.14. The first-order chi connectivity index (χ1) is 6.31. The van der Waals surface area contributed by atoms with Crippen LogP contribution in [0.2, 0.25) is 0 Å². The molecule has 2 heterocycles. The van der Waals surface area contributed by atoms with E-state index in [-0.39, 0.29) is 0 Å². The van der Waals surface area contributed by atoms with Gasteiger partial charge in [-0.2, -0.15) is 16.4 Å². The molecular formula is C9H11N3S. The average molecular weight is 193 g/mol. The maximum absolute atomic E-state index is 4.37. The summed E-state index contributed by atoms with van der Waals surface area (Å²) in [4.78, 5) is 4.37. The second-order valence-corrected chi connectivity index (χ2v) is 3.67. The lowest BCUT2D eigenvalue weighted by Gasteiger charge is -1.89. The summed E-state index contributed by atoms with van der Waals surface area (Å²) in [6, 6.07) is 0. The molecule has 68 valence electrons. The molecule has 0 unspecified atom stereocenters. The Morgan fingerprint density at radius 2 is 2.31 bits per heavy atom. The van der Waals surface area contributed by atoms with Crippen LogP contribution in [0.1, 0.15) is 18.3 Å². The first kappa shape index (κ1) is 8.44. The molecular weight excluding hydrogens is 182 g/mol. The Morgan fingerprint density at radius 3 is 2.85 bits per heavy atom. The number of aromatic nitrogens is 3. The van der Waals surface area contributed by atoms with Gasteiger partial charge in [-0.1, -0.05) is 6.92 Å². The van der Waals surface area contributed by atoms with Gasteiger partial charge in [0.2, 0.25) is 0 Å². The lowest BCUT2D eigenvalue weighted by atomic mass is 10.2. The van der Waals surface area contributed by atoms with Gasteiger partial charge in [0.1, 0.15) is 5.82 Å². The van der Waals surface area contributed by atoms with Gasteiger partial charge in [-0.3, -0.25) is 5.10 Å². The van der Waals surface area contributed by atoms with Crippen molar-refractivity contribution in [2.75, 3.05) is 0 Å². The molecule has 1 N–H and O–H groups in total. The van der Waals surface area contributed by atoms with Crippen LogP contribution in [-0.4, -0.2) is 15.2 Å². The van der Waals surface area contributed by atoms with E-state index in [1.165, 1.54) is 5.56 Å². The Balaban J connectivity index is 2.41. The van der Waals surface area contributed by atoms with Crippen molar-refractivity contribution in [3.63, 3.8) is 0 Å². The van der Waals surface area contributed by atoms with Crippen LogP contribution in [0.15, 0.2) is 10.8 Å². The second kappa shape index (κ2) is 3.30. The van der Waals surface area contributed by atoms with E-state index in [4.69, 9.17) is 0 Å². The maximum Gasteiger partial charge on any atom is 0.182 e. The Hall–Kier alpha value is -1.16. The SMILES string of the molecule is CCc1nc(-c2cscc2C)n[nH]1. The van der Waals surface area contributed by atoms with Gasteiger partial charge >= 0.3 is 0 Å². The molecule has 2 aromatic heterocycles. The third-order valence-electron chi connectivity index (χ3n) is 1.96. The largest absolute Gasteiger partial charge is 0.263 e. The van der Waals surface area contributed by atoms with Crippen molar-refractivity contribution in [3.8, 4) is 11.4 Å². The summed E-state index contributed by atoms with van der Waals surface area (Å²) in [6.07, 6.45) is 0.899. The molecule has 0 saturated heterocycles. The van der Waals surface area contributed by atoms with E-state index < -0.39 is 0 Å². The van der Waals surface area contributed by atoms with E-state index >= 15 is 0 Å². The number of aryl methyl sites for hydroxylation is 2. The molecule has 0 aliphatic rings. The Morgan fingerprint density at radius 1 is 1.46 bits per heavy atom. The van der Waals surface area contributed by atoms with Crippen LogP contribution in [-0.2, 0) is 6.42 Å². The zero-order valence-electron chi connectivity index (χ0n) is 7.66. The summed E-state index contributed by atoms with van der Waals surface area (Å²) >= 11 is 1.68. The molecule has 13 heavy (non-hydrogen) atoms. The number of thiophene rings is 1. The predicted octanol–water partition coefficient (Wildman–Crippen LogP) is 2.40. The van der Waals surface area contributed by atoms with Crippen LogP contribution in [0.25, 0.3) is 11.4 Å². The third-order valence-corrected chi connectivity index (χ3v) is 2.82. The van der Waals surface area contributed by atoms with E-state index in [2.05, 4.69) is 39.8 Å². The normalized spacial score (nSPS) is 10.6. The van der Waals surface area contributed by atoms with Gasteiger partial charge in [0.15, 0.2) is 5.82 Å². The highest BCUT2D eigenvalue weighted by molar-refractivity contribution is 7.08. The lowest BCUT2D eigenvalue weighted by Crippen LogP contribution is -1.82. The zero-order valence-corrected chi connectivity index (χ0v) is 8.48. The van der Waals surface area contributed by atoms with Crippen LogP contribution in [0.5, 0.6) is 0 Å². The number of aromatic amines is 1. The molecule has 0 spiro atoms. The molecule has 0 saturated carbocycles. The fourth-order valence-corrected chi connectivity index (χ4v) is 1.99. The van der Waals surface area contributed by atoms with Crippen molar-refractivity contribution in [2.24, 2.45) is 0 Å². The minimum absolute atomic E-state index is 0.815. The topological polar surface area (TPSA) is 41.6 Å². The molecule has 0 atom stereocenters. The summed E-state index contributed by atoms with van der Waals surface area (Å²) in [5.74, 6) is 1.76. The molecule has 2 aromatic rings. The molecule has 0 fully saturated rings. The van der Waals surface area contributed by atoms with Gasteiger partial charge in [0, 0.05) is 17.4 Å². The highest BCUT2D eigenvalue weighted by Gasteiger charge is 2.07.